The van der Waals surface area contributed by atoms with Gasteiger partial charge in [-0.2, -0.15) is 0 Å². The average Bonchev–Trinajstić information content (AvgIpc) is 3.08. The van der Waals surface area contributed by atoms with E-state index >= 15 is 0 Å². The van der Waals surface area contributed by atoms with E-state index in [0.717, 1.165) is 12.2 Å². The lowest BCUT2D eigenvalue weighted by atomic mass is 10.1. The lowest BCUT2D eigenvalue weighted by Crippen LogP contribution is -2.51. The van der Waals surface area contributed by atoms with E-state index in [1.165, 1.54) is 12.0 Å². The smallest absolute Gasteiger partial charge is 0.331 e. The van der Waals surface area contributed by atoms with E-state index in [0.29, 0.717) is 26.3 Å². The molecule has 0 saturated carbocycles. The van der Waals surface area contributed by atoms with Gasteiger partial charge in [0.2, 0.25) is 11.8 Å². The fourth-order valence-electron chi connectivity index (χ4n) is 3.09. The summed E-state index contributed by atoms with van der Waals surface area (Å²) in [7, 11) is 1.20. The SMILES string of the molecule is COC(=O)/C=C/C(=O)O[C@@H]1C[C@@H](C(=O)N2CCOCC2)N(C(=O)C(C)C)C1. The molecule has 2 rings (SSSR count). The molecule has 0 aliphatic carbocycles. The molecular weight excluding hydrogens is 356 g/mol. The summed E-state index contributed by atoms with van der Waals surface area (Å²) in [6.45, 7) is 5.56. The molecule has 0 spiro atoms. The standard InChI is InChI=1S/C18H26N2O7/c1-12(2)17(23)20-11-13(27-16(22)5-4-15(21)25-3)10-14(20)18(24)19-6-8-26-9-7-19/h4-5,12-14H,6-11H2,1-3H3/b5-4+/t13-,14+/m1/s1. The predicted octanol–water partition coefficient (Wildman–Crippen LogP) is -0.257. The van der Waals surface area contributed by atoms with Crippen molar-refractivity contribution in [3.63, 3.8) is 0 Å². The van der Waals surface area contributed by atoms with Gasteiger partial charge >= 0.3 is 11.9 Å². The van der Waals surface area contributed by atoms with Crippen molar-refractivity contribution in [2.24, 2.45) is 5.92 Å². The van der Waals surface area contributed by atoms with Crippen LogP contribution in [-0.4, -0.2) is 85.7 Å². The van der Waals surface area contributed by atoms with Crippen molar-refractivity contribution in [2.45, 2.75) is 32.4 Å². The van der Waals surface area contributed by atoms with E-state index in [1.54, 1.807) is 18.7 Å². The van der Waals surface area contributed by atoms with Crippen LogP contribution in [0.15, 0.2) is 12.2 Å². The van der Waals surface area contributed by atoms with Gasteiger partial charge in [0.1, 0.15) is 12.1 Å². The molecule has 2 aliphatic heterocycles. The molecule has 0 aromatic rings. The molecule has 0 aromatic heterocycles. The first-order valence-electron chi connectivity index (χ1n) is 8.97. The van der Waals surface area contributed by atoms with Gasteiger partial charge in [0, 0.05) is 37.6 Å². The van der Waals surface area contributed by atoms with Crippen LogP contribution < -0.4 is 0 Å². The Labute approximate surface area is 158 Å². The molecule has 2 amide bonds. The van der Waals surface area contributed by atoms with E-state index in [2.05, 4.69) is 4.74 Å². The van der Waals surface area contributed by atoms with Gasteiger partial charge in [-0.15, -0.1) is 0 Å². The number of rotatable bonds is 5. The topological polar surface area (TPSA) is 102 Å². The summed E-state index contributed by atoms with van der Waals surface area (Å²) in [4.78, 5) is 51.5. The Morgan fingerprint density at radius 2 is 1.70 bits per heavy atom. The van der Waals surface area contributed by atoms with Crippen LogP contribution in [0.25, 0.3) is 0 Å². The minimum atomic E-state index is -0.721. The number of carbonyl (C=O) groups is 4. The summed E-state index contributed by atoms with van der Waals surface area (Å²) < 4.78 is 15.0. The van der Waals surface area contributed by atoms with Crippen molar-refractivity contribution < 1.29 is 33.4 Å². The van der Waals surface area contributed by atoms with E-state index in [1.807, 2.05) is 0 Å². The molecule has 0 bridgehead atoms. The normalized spacial score (nSPS) is 23.0. The van der Waals surface area contributed by atoms with Crippen molar-refractivity contribution in [1.29, 1.82) is 0 Å². The Morgan fingerprint density at radius 1 is 1.07 bits per heavy atom. The van der Waals surface area contributed by atoms with Gasteiger partial charge in [-0.25, -0.2) is 9.59 Å². The number of likely N-dealkylation sites (tertiary alicyclic amines) is 1. The van der Waals surface area contributed by atoms with Crippen molar-refractivity contribution >= 4 is 23.8 Å². The van der Waals surface area contributed by atoms with Crippen LogP contribution in [0.3, 0.4) is 0 Å². The highest BCUT2D eigenvalue weighted by Crippen LogP contribution is 2.25. The van der Waals surface area contributed by atoms with Crippen LogP contribution in [0.4, 0.5) is 0 Å². The third-order valence-electron chi connectivity index (χ3n) is 4.49. The Kier molecular flexibility index (Phi) is 7.35. The number of amides is 2. The Morgan fingerprint density at radius 3 is 2.30 bits per heavy atom. The van der Waals surface area contributed by atoms with Gasteiger partial charge < -0.3 is 24.0 Å². The molecule has 2 heterocycles. The third-order valence-corrected chi connectivity index (χ3v) is 4.49. The Hall–Kier alpha value is -2.42. The van der Waals surface area contributed by atoms with Crippen LogP contribution in [0.1, 0.15) is 20.3 Å². The summed E-state index contributed by atoms with van der Waals surface area (Å²) in [6.07, 6.45) is 1.55. The van der Waals surface area contributed by atoms with Gasteiger partial charge in [-0.05, 0) is 0 Å². The zero-order valence-electron chi connectivity index (χ0n) is 15.9. The molecule has 150 valence electrons. The zero-order valence-corrected chi connectivity index (χ0v) is 15.9. The average molecular weight is 382 g/mol. The van der Waals surface area contributed by atoms with Gasteiger partial charge in [0.15, 0.2) is 0 Å². The quantitative estimate of drug-likeness (QED) is 0.477. The summed E-state index contributed by atoms with van der Waals surface area (Å²) in [6, 6.07) is -0.666. The minimum Gasteiger partial charge on any atom is -0.466 e. The van der Waals surface area contributed by atoms with E-state index < -0.39 is 24.1 Å². The highest BCUT2D eigenvalue weighted by molar-refractivity contribution is 5.92. The molecule has 9 nitrogen and oxygen atoms in total. The second-order valence-corrected chi connectivity index (χ2v) is 6.75. The van der Waals surface area contributed by atoms with Crippen LogP contribution in [0.2, 0.25) is 0 Å². The van der Waals surface area contributed by atoms with E-state index in [4.69, 9.17) is 9.47 Å². The Bertz CT molecular complexity index is 611. The maximum atomic E-state index is 12.9. The molecule has 0 N–H and O–H groups in total. The number of methoxy groups -OCH3 is 1. The minimum absolute atomic E-state index is 0.148. The van der Waals surface area contributed by atoms with Gasteiger partial charge in [0.25, 0.3) is 0 Å². The molecule has 0 aromatic carbocycles. The van der Waals surface area contributed by atoms with Crippen molar-refractivity contribution in [3.8, 4) is 0 Å². The van der Waals surface area contributed by atoms with Crippen molar-refractivity contribution in [2.75, 3.05) is 40.0 Å². The molecule has 0 radical (unpaired) electrons. The molecule has 0 unspecified atom stereocenters. The summed E-state index contributed by atoms with van der Waals surface area (Å²) >= 11 is 0. The second-order valence-electron chi connectivity index (χ2n) is 6.75. The summed E-state index contributed by atoms with van der Waals surface area (Å²) in [5.74, 6) is -1.99. The number of hydrogen-bond acceptors (Lipinski definition) is 7. The van der Waals surface area contributed by atoms with Crippen molar-refractivity contribution in [3.05, 3.63) is 12.2 Å². The molecule has 9 heteroatoms. The van der Waals surface area contributed by atoms with Crippen LogP contribution in [0.5, 0.6) is 0 Å². The molecule has 2 aliphatic rings. The van der Waals surface area contributed by atoms with Gasteiger partial charge in [-0.3, -0.25) is 9.59 Å². The fourth-order valence-corrected chi connectivity index (χ4v) is 3.09. The molecular formula is C18H26N2O7. The van der Waals surface area contributed by atoms with Gasteiger partial charge in [0.05, 0.1) is 26.9 Å². The number of esters is 2. The maximum Gasteiger partial charge on any atom is 0.331 e. The maximum absolute atomic E-state index is 12.9. The predicted molar refractivity (Wildman–Crippen MR) is 93.4 cm³/mol. The number of carbonyl (C=O) groups excluding carboxylic acids is 4. The first kappa shape index (κ1) is 20.9. The lowest BCUT2D eigenvalue weighted by Gasteiger charge is -2.32. The van der Waals surface area contributed by atoms with Crippen molar-refractivity contribution in [1.82, 2.24) is 9.80 Å². The molecule has 2 fully saturated rings. The lowest BCUT2D eigenvalue weighted by molar-refractivity contribution is -0.147. The van der Waals surface area contributed by atoms with Crippen LogP contribution in [0, 0.1) is 5.92 Å². The molecule has 2 atom stereocenters. The number of morpholine rings is 1. The summed E-state index contributed by atoms with van der Waals surface area (Å²) in [5, 5.41) is 0. The number of nitrogens with zero attached hydrogens (tertiary/aromatic N) is 2. The third kappa shape index (κ3) is 5.53. The van der Waals surface area contributed by atoms with Gasteiger partial charge in [-0.1, -0.05) is 13.8 Å². The first-order chi connectivity index (χ1) is 12.8. The monoisotopic (exact) mass is 382 g/mol. The number of ether oxygens (including phenoxy) is 3. The Balaban J connectivity index is 2.06. The largest absolute Gasteiger partial charge is 0.466 e. The highest BCUT2D eigenvalue weighted by Gasteiger charge is 2.43. The van der Waals surface area contributed by atoms with E-state index in [-0.39, 0.29) is 30.7 Å². The van der Waals surface area contributed by atoms with Crippen LogP contribution >= 0.6 is 0 Å². The first-order valence-corrected chi connectivity index (χ1v) is 8.97. The zero-order chi connectivity index (χ0) is 20.0. The highest BCUT2D eigenvalue weighted by atomic mass is 16.5. The molecule has 2 saturated heterocycles. The van der Waals surface area contributed by atoms with E-state index in [9.17, 15) is 19.2 Å². The number of hydrogen-bond donors (Lipinski definition) is 0. The fraction of sp³-hybridized carbons (Fsp3) is 0.667. The second kappa shape index (κ2) is 9.50. The summed E-state index contributed by atoms with van der Waals surface area (Å²) in [5.41, 5.74) is 0. The van der Waals surface area contributed by atoms with Crippen LogP contribution in [-0.2, 0) is 33.4 Å². The molecule has 27 heavy (non-hydrogen) atoms.